The van der Waals surface area contributed by atoms with E-state index in [1.165, 1.54) is 29.7 Å². The third-order valence-electron chi connectivity index (χ3n) is 4.54. The molecule has 1 aliphatic heterocycles. The summed E-state index contributed by atoms with van der Waals surface area (Å²) in [5.74, 6) is 0.292. The number of hydrogen-bond acceptors (Lipinski definition) is 5. The van der Waals surface area contributed by atoms with E-state index >= 15 is 0 Å². The molecule has 0 aromatic carbocycles. The van der Waals surface area contributed by atoms with Crippen molar-refractivity contribution in [3.05, 3.63) is 28.2 Å². The average molecular weight is 320 g/mol. The minimum atomic E-state index is -0.227. The molecular weight excluding hydrogens is 296 g/mol. The Morgan fingerprint density at radius 1 is 1.39 bits per heavy atom. The van der Waals surface area contributed by atoms with Crippen molar-refractivity contribution in [2.24, 2.45) is 5.92 Å². The molecule has 2 aliphatic rings. The number of ether oxygens (including phenoxy) is 1. The molecule has 3 rings (SSSR count). The van der Waals surface area contributed by atoms with E-state index < -0.39 is 0 Å². The van der Waals surface area contributed by atoms with Gasteiger partial charge in [-0.05, 0) is 37.8 Å². The Balaban J connectivity index is 1.52. The molecule has 7 heteroatoms. The molecule has 1 N–H and O–H groups in total. The second kappa shape index (κ2) is 7.23. The summed E-state index contributed by atoms with van der Waals surface area (Å²) in [6.07, 6.45) is 3.79. The van der Waals surface area contributed by atoms with E-state index in [-0.39, 0.29) is 17.2 Å². The molecule has 1 aromatic rings. The largest absolute Gasteiger partial charge is 0.383 e. The summed E-state index contributed by atoms with van der Waals surface area (Å²) in [5.41, 5.74) is 0.0483. The highest BCUT2D eigenvalue weighted by atomic mass is 16.5. The molecule has 1 saturated heterocycles. The molecule has 0 bridgehead atoms. The molecule has 1 amide bonds. The van der Waals surface area contributed by atoms with Gasteiger partial charge in [0.2, 0.25) is 0 Å². The molecular formula is C16H24N4O3. The first kappa shape index (κ1) is 16.1. The van der Waals surface area contributed by atoms with Crippen LogP contribution in [0.1, 0.15) is 29.8 Å². The van der Waals surface area contributed by atoms with Gasteiger partial charge < -0.3 is 15.0 Å². The Hall–Kier alpha value is -1.73. The first-order chi connectivity index (χ1) is 11.2. The minimum Gasteiger partial charge on any atom is -0.383 e. The Kier molecular flexibility index (Phi) is 5.07. The second-order valence-corrected chi connectivity index (χ2v) is 6.36. The van der Waals surface area contributed by atoms with Crippen molar-refractivity contribution in [3.8, 4) is 0 Å². The topological polar surface area (TPSA) is 76.5 Å². The first-order valence-electron chi connectivity index (χ1n) is 8.26. The van der Waals surface area contributed by atoms with Crippen LogP contribution in [0.4, 0.5) is 0 Å². The highest BCUT2D eigenvalue weighted by Crippen LogP contribution is 2.31. The maximum atomic E-state index is 12.2. The average Bonchev–Trinajstić information content (AvgIpc) is 3.30. The van der Waals surface area contributed by atoms with Gasteiger partial charge in [0.05, 0.1) is 13.2 Å². The van der Waals surface area contributed by atoms with Crippen LogP contribution in [0, 0.1) is 5.92 Å². The van der Waals surface area contributed by atoms with E-state index in [1.54, 1.807) is 7.11 Å². The number of hydrogen-bond donors (Lipinski definition) is 1. The smallest absolute Gasteiger partial charge is 0.271 e. The fourth-order valence-corrected chi connectivity index (χ4v) is 3.04. The van der Waals surface area contributed by atoms with Crippen molar-refractivity contribution in [2.75, 3.05) is 33.4 Å². The van der Waals surface area contributed by atoms with Gasteiger partial charge in [0.25, 0.3) is 11.5 Å². The molecule has 1 atom stereocenters. The van der Waals surface area contributed by atoms with Crippen LogP contribution in [0.15, 0.2) is 16.9 Å². The molecule has 2 fully saturated rings. The predicted molar refractivity (Wildman–Crippen MR) is 85.4 cm³/mol. The Morgan fingerprint density at radius 2 is 2.22 bits per heavy atom. The van der Waals surface area contributed by atoms with Gasteiger partial charge in [-0.3, -0.25) is 9.59 Å². The van der Waals surface area contributed by atoms with Crippen molar-refractivity contribution in [1.82, 2.24) is 20.0 Å². The van der Waals surface area contributed by atoms with E-state index in [0.29, 0.717) is 25.6 Å². The quantitative estimate of drug-likeness (QED) is 0.771. The molecule has 0 radical (unpaired) electrons. The third kappa shape index (κ3) is 4.17. The van der Waals surface area contributed by atoms with E-state index in [0.717, 1.165) is 25.6 Å². The van der Waals surface area contributed by atoms with Gasteiger partial charge in [-0.1, -0.05) is 0 Å². The lowest BCUT2D eigenvalue weighted by Gasteiger charge is -2.15. The van der Waals surface area contributed by atoms with E-state index in [2.05, 4.69) is 15.3 Å². The number of methoxy groups -OCH3 is 1. The number of rotatable bonds is 7. The molecule has 1 aliphatic carbocycles. The van der Waals surface area contributed by atoms with E-state index in [9.17, 15) is 9.59 Å². The molecule has 0 spiro atoms. The highest BCUT2D eigenvalue weighted by molar-refractivity contribution is 5.91. The molecule has 126 valence electrons. The summed E-state index contributed by atoms with van der Waals surface area (Å²) in [5, 5.41) is 7.06. The third-order valence-corrected chi connectivity index (χ3v) is 4.54. The number of nitrogens with zero attached hydrogens (tertiary/aromatic N) is 3. The molecule has 0 unspecified atom stereocenters. The lowest BCUT2D eigenvalue weighted by Crippen LogP contribution is -2.34. The minimum absolute atomic E-state index is 0.221. The number of nitrogens with one attached hydrogen (secondary N) is 1. The van der Waals surface area contributed by atoms with Crippen LogP contribution in [0.25, 0.3) is 0 Å². The highest BCUT2D eigenvalue weighted by Gasteiger charge is 2.34. The summed E-state index contributed by atoms with van der Waals surface area (Å²) in [7, 11) is 1.56. The molecule has 23 heavy (non-hydrogen) atoms. The summed E-state index contributed by atoms with van der Waals surface area (Å²) in [6, 6.07) is 3.65. The van der Waals surface area contributed by atoms with E-state index in [4.69, 9.17) is 4.74 Å². The van der Waals surface area contributed by atoms with Gasteiger partial charge in [0.15, 0.2) is 0 Å². The fraction of sp³-hybridized carbons (Fsp3) is 0.688. The van der Waals surface area contributed by atoms with Gasteiger partial charge >= 0.3 is 0 Å². The van der Waals surface area contributed by atoms with Crippen LogP contribution in [-0.2, 0) is 11.3 Å². The Morgan fingerprint density at radius 3 is 2.96 bits per heavy atom. The van der Waals surface area contributed by atoms with Crippen molar-refractivity contribution in [2.45, 2.75) is 31.8 Å². The Bertz CT molecular complexity index is 612. The van der Waals surface area contributed by atoms with Crippen molar-refractivity contribution in [3.63, 3.8) is 0 Å². The maximum Gasteiger partial charge on any atom is 0.271 e. The predicted octanol–water partition coefficient (Wildman–Crippen LogP) is 0.104. The standard InChI is InChI=1S/C16H24N4O3/c1-23-9-8-20-15(21)5-4-14(18-20)16(22)17-10-12-6-7-19(11-12)13-2-3-13/h4-5,12-13H,2-3,6-11H2,1H3,(H,17,22)/t12-/m1/s1. The SMILES string of the molecule is COCCn1nc(C(=O)NC[C@H]2CCN(C3CC3)C2)ccc1=O. The Labute approximate surface area is 135 Å². The number of carbonyl (C=O) groups is 1. The zero-order valence-electron chi connectivity index (χ0n) is 13.5. The van der Waals surface area contributed by atoms with Crippen LogP contribution in [0.2, 0.25) is 0 Å². The van der Waals surface area contributed by atoms with Gasteiger partial charge in [0, 0.05) is 32.3 Å². The summed E-state index contributed by atoms with van der Waals surface area (Å²) >= 11 is 0. The van der Waals surface area contributed by atoms with Crippen molar-refractivity contribution in [1.29, 1.82) is 0 Å². The normalized spacial score (nSPS) is 21.5. The van der Waals surface area contributed by atoms with Crippen LogP contribution >= 0.6 is 0 Å². The lowest BCUT2D eigenvalue weighted by atomic mass is 10.1. The van der Waals surface area contributed by atoms with Crippen molar-refractivity contribution >= 4 is 5.91 Å². The lowest BCUT2D eigenvalue weighted by molar-refractivity contribution is 0.0938. The van der Waals surface area contributed by atoms with Gasteiger partial charge in [-0.2, -0.15) is 5.10 Å². The monoisotopic (exact) mass is 320 g/mol. The number of carbonyl (C=O) groups excluding carboxylic acids is 1. The maximum absolute atomic E-state index is 12.2. The molecule has 7 nitrogen and oxygen atoms in total. The van der Waals surface area contributed by atoms with E-state index in [1.807, 2.05) is 0 Å². The second-order valence-electron chi connectivity index (χ2n) is 6.36. The van der Waals surface area contributed by atoms with Crippen LogP contribution in [-0.4, -0.2) is 60.0 Å². The fourth-order valence-electron chi connectivity index (χ4n) is 3.04. The zero-order valence-corrected chi connectivity index (χ0v) is 13.5. The summed E-state index contributed by atoms with van der Waals surface area (Å²) < 4.78 is 6.21. The number of aromatic nitrogens is 2. The summed E-state index contributed by atoms with van der Waals surface area (Å²) in [6.45, 7) is 3.62. The van der Waals surface area contributed by atoms with Crippen LogP contribution < -0.4 is 10.9 Å². The van der Waals surface area contributed by atoms with Crippen LogP contribution in [0.3, 0.4) is 0 Å². The first-order valence-corrected chi connectivity index (χ1v) is 8.26. The van der Waals surface area contributed by atoms with Gasteiger partial charge in [0.1, 0.15) is 5.69 Å². The molecule has 1 aromatic heterocycles. The number of likely N-dealkylation sites (tertiary alicyclic amines) is 1. The number of amides is 1. The van der Waals surface area contributed by atoms with Gasteiger partial charge in [-0.25, -0.2) is 4.68 Å². The van der Waals surface area contributed by atoms with Gasteiger partial charge in [-0.15, -0.1) is 0 Å². The molecule has 2 heterocycles. The molecule has 1 saturated carbocycles. The zero-order chi connectivity index (χ0) is 16.2. The van der Waals surface area contributed by atoms with Crippen molar-refractivity contribution < 1.29 is 9.53 Å². The van der Waals surface area contributed by atoms with Crippen LogP contribution in [0.5, 0.6) is 0 Å². The summed E-state index contributed by atoms with van der Waals surface area (Å²) in [4.78, 5) is 26.4.